The van der Waals surface area contributed by atoms with Gasteiger partial charge in [0.25, 0.3) is 11.6 Å². The van der Waals surface area contributed by atoms with Crippen molar-refractivity contribution in [1.82, 2.24) is 14.6 Å². The first-order chi connectivity index (χ1) is 14.0. The summed E-state index contributed by atoms with van der Waals surface area (Å²) in [6.45, 7) is 0. The van der Waals surface area contributed by atoms with Gasteiger partial charge in [0.1, 0.15) is 11.5 Å². The minimum absolute atomic E-state index is 0.121. The number of ether oxygens (including phenoxy) is 1. The molecule has 0 aliphatic carbocycles. The van der Waals surface area contributed by atoms with Crippen LogP contribution in [-0.2, 0) is 0 Å². The number of anilines is 1. The Kier molecular flexibility index (Phi) is 4.80. The third-order valence-electron chi connectivity index (χ3n) is 3.88. The normalized spacial score (nSPS) is 10.7. The predicted octanol–water partition coefficient (Wildman–Crippen LogP) is 4.34. The minimum Gasteiger partial charge on any atom is -0.457 e. The van der Waals surface area contributed by atoms with Crippen molar-refractivity contribution in [3.05, 3.63) is 87.8 Å². The topological polar surface area (TPSA) is 112 Å². The molecule has 2 aromatic carbocycles. The number of halogens is 1. The molecule has 0 atom stereocenters. The maximum atomic E-state index is 12.5. The summed E-state index contributed by atoms with van der Waals surface area (Å²) in [4.78, 5) is 27.3. The van der Waals surface area contributed by atoms with Crippen LogP contribution >= 0.6 is 11.6 Å². The molecule has 0 radical (unpaired) electrons. The van der Waals surface area contributed by atoms with Crippen molar-refractivity contribution in [3.63, 3.8) is 0 Å². The number of hydrogen-bond donors (Lipinski definition) is 1. The quantitative estimate of drug-likeness (QED) is 0.387. The number of amides is 1. The third-order valence-corrected chi connectivity index (χ3v) is 4.13. The highest BCUT2D eigenvalue weighted by Gasteiger charge is 2.16. The summed E-state index contributed by atoms with van der Waals surface area (Å²) in [5.41, 5.74) is 0.584. The number of rotatable bonds is 5. The summed E-state index contributed by atoms with van der Waals surface area (Å²) in [6, 6.07) is 13.7. The smallest absolute Gasteiger partial charge is 0.276 e. The van der Waals surface area contributed by atoms with Crippen LogP contribution in [0.1, 0.15) is 10.5 Å². The van der Waals surface area contributed by atoms with E-state index in [1.165, 1.54) is 28.8 Å². The summed E-state index contributed by atoms with van der Waals surface area (Å²) in [5, 5.41) is 18.5. The summed E-state index contributed by atoms with van der Waals surface area (Å²) in [5.74, 6) is 0.0977. The summed E-state index contributed by atoms with van der Waals surface area (Å²) >= 11 is 5.85. The van der Waals surface area contributed by atoms with Crippen molar-refractivity contribution in [2.45, 2.75) is 0 Å². The molecule has 0 bridgehead atoms. The number of benzene rings is 2. The molecule has 0 saturated heterocycles. The Bertz CT molecular complexity index is 1190. The average Bonchev–Trinajstić information content (AvgIpc) is 3.14. The van der Waals surface area contributed by atoms with Gasteiger partial charge in [0.15, 0.2) is 11.3 Å². The maximum absolute atomic E-state index is 12.5. The van der Waals surface area contributed by atoms with Crippen LogP contribution in [0.25, 0.3) is 5.65 Å². The molecule has 4 aromatic rings. The number of carbonyl (C=O) groups excluding carboxylic acids is 1. The predicted molar refractivity (Wildman–Crippen MR) is 106 cm³/mol. The Hall–Kier alpha value is -3.98. The molecule has 2 heterocycles. The SMILES string of the molecule is O=C(Nc1cc(Oc2ccc(Cl)cc2)cc([N+](=O)[O-])c1)c1cc2ncccn2n1. The van der Waals surface area contributed by atoms with E-state index in [4.69, 9.17) is 16.3 Å². The monoisotopic (exact) mass is 409 g/mol. The highest BCUT2D eigenvalue weighted by atomic mass is 35.5. The molecule has 0 saturated carbocycles. The number of hydrogen-bond acceptors (Lipinski definition) is 6. The van der Waals surface area contributed by atoms with Gasteiger partial charge in [-0.05, 0) is 30.3 Å². The largest absolute Gasteiger partial charge is 0.457 e. The van der Waals surface area contributed by atoms with Crippen LogP contribution in [0.15, 0.2) is 67.0 Å². The van der Waals surface area contributed by atoms with Gasteiger partial charge in [-0.3, -0.25) is 14.9 Å². The van der Waals surface area contributed by atoms with Crippen molar-refractivity contribution in [1.29, 1.82) is 0 Å². The second kappa shape index (κ2) is 7.56. The molecule has 0 fully saturated rings. The van der Waals surface area contributed by atoms with Gasteiger partial charge in [-0.15, -0.1) is 0 Å². The lowest BCUT2D eigenvalue weighted by atomic mass is 10.2. The van der Waals surface area contributed by atoms with Crippen LogP contribution in [0.2, 0.25) is 5.02 Å². The first kappa shape index (κ1) is 18.4. The number of non-ortho nitro benzene ring substituents is 1. The average molecular weight is 410 g/mol. The Morgan fingerprint density at radius 2 is 1.93 bits per heavy atom. The Morgan fingerprint density at radius 1 is 1.14 bits per heavy atom. The van der Waals surface area contributed by atoms with Gasteiger partial charge in [-0.2, -0.15) is 5.10 Å². The molecule has 0 unspecified atom stereocenters. The molecule has 1 N–H and O–H groups in total. The van der Waals surface area contributed by atoms with E-state index in [0.717, 1.165) is 0 Å². The molecule has 10 heteroatoms. The second-order valence-electron chi connectivity index (χ2n) is 5.93. The van der Waals surface area contributed by atoms with Gasteiger partial charge in [-0.25, -0.2) is 9.50 Å². The van der Waals surface area contributed by atoms with Crippen LogP contribution in [0.4, 0.5) is 11.4 Å². The van der Waals surface area contributed by atoms with Gasteiger partial charge in [-0.1, -0.05) is 11.6 Å². The molecular formula is C19H12ClN5O4. The van der Waals surface area contributed by atoms with Gasteiger partial charge < -0.3 is 10.1 Å². The van der Waals surface area contributed by atoms with E-state index in [9.17, 15) is 14.9 Å². The number of nitro groups is 1. The van der Waals surface area contributed by atoms with E-state index in [1.807, 2.05) is 0 Å². The number of nitrogens with zero attached hydrogens (tertiary/aromatic N) is 4. The lowest BCUT2D eigenvalue weighted by Crippen LogP contribution is -2.13. The molecule has 4 rings (SSSR count). The zero-order valence-corrected chi connectivity index (χ0v) is 15.4. The molecule has 9 nitrogen and oxygen atoms in total. The van der Waals surface area contributed by atoms with Crippen molar-refractivity contribution in [2.24, 2.45) is 0 Å². The van der Waals surface area contributed by atoms with Gasteiger partial charge in [0.05, 0.1) is 16.7 Å². The number of aromatic nitrogens is 3. The number of nitrogens with one attached hydrogen (secondary N) is 1. The van der Waals surface area contributed by atoms with E-state index in [0.29, 0.717) is 16.4 Å². The third kappa shape index (κ3) is 4.14. The van der Waals surface area contributed by atoms with Crippen LogP contribution in [0.5, 0.6) is 11.5 Å². The number of nitro benzene ring substituents is 1. The van der Waals surface area contributed by atoms with Crippen LogP contribution in [-0.4, -0.2) is 25.4 Å². The second-order valence-corrected chi connectivity index (χ2v) is 6.37. The van der Waals surface area contributed by atoms with Crippen LogP contribution in [0.3, 0.4) is 0 Å². The molecule has 0 spiro atoms. The van der Waals surface area contributed by atoms with Crippen LogP contribution in [0, 0.1) is 10.1 Å². The highest BCUT2D eigenvalue weighted by molar-refractivity contribution is 6.30. The molecule has 29 heavy (non-hydrogen) atoms. The van der Waals surface area contributed by atoms with Gasteiger partial charge >= 0.3 is 0 Å². The Morgan fingerprint density at radius 3 is 2.66 bits per heavy atom. The molecule has 0 aliphatic heterocycles. The van der Waals surface area contributed by atoms with E-state index in [2.05, 4.69) is 15.4 Å². The van der Waals surface area contributed by atoms with Crippen molar-refractivity contribution < 1.29 is 14.5 Å². The van der Waals surface area contributed by atoms with E-state index in [1.54, 1.807) is 42.7 Å². The summed E-state index contributed by atoms with van der Waals surface area (Å²) < 4.78 is 7.11. The maximum Gasteiger partial charge on any atom is 0.276 e. The van der Waals surface area contributed by atoms with E-state index in [-0.39, 0.29) is 22.8 Å². The fourth-order valence-electron chi connectivity index (χ4n) is 2.59. The molecule has 144 valence electrons. The molecule has 1 amide bonds. The Balaban J connectivity index is 1.61. The lowest BCUT2D eigenvalue weighted by molar-refractivity contribution is -0.384. The van der Waals surface area contributed by atoms with Crippen molar-refractivity contribution in [2.75, 3.05) is 5.32 Å². The zero-order valence-electron chi connectivity index (χ0n) is 14.7. The van der Waals surface area contributed by atoms with E-state index >= 15 is 0 Å². The van der Waals surface area contributed by atoms with E-state index < -0.39 is 10.8 Å². The fraction of sp³-hybridized carbons (Fsp3) is 0. The number of carbonyl (C=O) groups is 1. The lowest BCUT2D eigenvalue weighted by Gasteiger charge is -2.09. The van der Waals surface area contributed by atoms with Gasteiger partial charge in [0, 0.05) is 35.6 Å². The summed E-state index contributed by atoms with van der Waals surface area (Å²) in [6.07, 6.45) is 3.24. The fourth-order valence-corrected chi connectivity index (χ4v) is 2.72. The van der Waals surface area contributed by atoms with Gasteiger partial charge in [0.2, 0.25) is 0 Å². The summed E-state index contributed by atoms with van der Waals surface area (Å²) in [7, 11) is 0. The molecular weight excluding hydrogens is 398 g/mol. The highest BCUT2D eigenvalue weighted by Crippen LogP contribution is 2.30. The van der Waals surface area contributed by atoms with Crippen molar-refractivity contribution in [3.8, 4) is 11.5 Å². The Labute approximate surface area is 168 Å². The molecule has 0 aliphatic rings. The first-order valence-electron chi connectivity index (χ1n) is 8.32. The first-order valence-corrected chi connectivity index (χ1v) is 8.70. The minimum atomic E-state index is -0.570. The standard InChI is InChI=1S/C19H12ClN5O4/c20-12-2-4-15(5-3-12)29-16-9-13(8-14(10-16)25(27)28)22-19(26)17-11-18-21-6-1-7-24(18)23-17/h1-11H,(H,22,26). The number of fused-ring (bicyclic) bond motifs is 1. The van der Waals surface area contributed by atoms with Crippen molar-refractivity contribution >= 4 is 34.5 Å². The zero-order chi connectivity index (χ0) is 20.4. The molecule has 2 aromatic heterocycles. The van der Waals surface area contributed by atoms with Crippen LogP contribution < -0.4 is 10.1 Å².